The molecule has 0 bridgehead atoms. The van der Waals surface area contributed by atoms with Gasteiger partial charge in [0.15, 0.2) is 0 Å². The third-order valence-electron chi connectivity index (χ3n) is 3.62. The van der Waals surface area contributed by atoms with Gasteiger partial charge in [-0.2, -0.15) is 4.80 Å². The third kappa shape index (κ3) is 1.91. The molecule has 1 heterocycles. The van der Waals surface area contributed by atoms with Crippen molar-refractivity contribution >= 4 is 27.8 Å². The number of rotatable bonds is 2. The molecule has 5 nitrogen and oxygen atoms in total. The van der Waals surface area contributed by atoms with E-state index in [4.69, 9.17) is 5.11 Å². The first-order valence-electron chi connectivity index (χ1n) is 6.81. The summed E-state index contributed by atoms with van der Waals surface area (Å²) in [6, 6.07) is 18.5. The number of aromatic carboxylic acids is 1. The summed E-state index contributed by atoms with van der Waals surface area (Å²) in [6.45, 7) is 0. The summed E-state index contributed by atoms with van der Waals surface area (Å²) in [5, 5.41) is 20.1. The molecule has 4 aromatic rings. The fourth-order valence-corrected chi connectivity index (χ4v) is 2.50. The van der Waals surface area contributed by atoms with Gasteiger partial charge in [0, 0.05) is 5.39 Å². The Morgan fingerprint density at radius 1 is 0.909 bits per heavy atom. The number of carbonyl (C=O) groups is 1. The molecule has 0 spiro atoms. The van der Waals surface area contributed by atoms with E-state index in [2.05, 4.69) is 10.2 Å². The standard InChI is InChI=1S/C17H11N3O2/c21-17(22)12-5-8-13(9-6-12)20-18-15-10-7-11-3-1-2-4-14(11)16(15)19-20/h1-10H,(H,21,22). The van der Waals surface area contributed by atoms with Crippen LogP contribution in [-0.4, -0.2) is 26.1 Å². The predicted molar refractivity (Wildman–Crippen MR) is 83.3 cm³/mol. The van der Waals surface area contributed by atoms with Crippen LogP contribution in [-0.2, 0) is 0 Å². The quantitative estimate of drug-likeness (QED) is 0.615. The Kier molecular flexibility index (Phi) is 2.66. The van der Waals surface area contributed by atoms with Crippen LogP contribution in [0.25, 0.3) is 27.5 Å². The van der Waals surface area contributed by atoms with E-state index in [1.807, 2.05) is 36.4 Å². The highest BCUT2D eigenvalue weighted by atomic mass is 16.4. The van der Waals surface area contributed by atoms with Crippen LogP contribution in [0.15, 0.2) is 60.7 Å². The van der Waals surface area contributed by atoms with Gasteiger partial charge in [-0.3, -0.25) is 0 Å². The van der Waals surface area contributed by atoms with Crippen molar-refractivity contribution in [1.29, 1.82) is 0 Å². The number of nitrogens with zero attached hydrogens (tertiary/aromatic N) is 3. The zero-order valence-corrected chi connectivity index (χ0v) is 11.5. The second-order valence-corrected chi connectivity index (χ2v) is 5.00. The first kappa shape index (κ1) is 12.5. The highest BCUT2D eigenvalue weighted by molar-refractivity contribution is 6.03. The molecule has 0 unspecified atom stereocenters. The van der Waals surface area contributed by atoms with Crippen molar-refractivity contribution < 1.29 is 9.90 Å². The summed E-state index contributed by atoms with van der Waals surface area (Å²) >= 11 is 0. The molecule has 0 saturated heterocycles. The van der Waals surface area contributed by atoms with E-state index in [1.54, 1.807) is 24.3 Å². The summed E-state index contributed by atoms with van der Waals surface area (Å²) in [7, 11) is 0. The first-order valence-corrected chi connectivity index (χ1v) is 6.81. The molecular formula is C17H11N3O2. The molecule has 22 heavy (non-hydrogen) atoms. The van der Waals surface area contributed by atoms with Gasteiger partial charge in [-0.25, -0.2) is 4.79 Å². The maximum absolute atomic E-state index is 10.9. The van der Waals surface area contributed by atoms with Crippen LogP contribution in [0.1, 0.15) is 10.4 Å². The van der Waals surface area contributed by atoms with Gasteiger partial charge in [-0.05, 0) is 35.7 Å². The van der Waals surface area contributed by atoms with Crippen molar-refractivity contribution in [3.63, 3.8) is 0 Å². The fraction of sp³-hybridized carbons (Fsp3) is 0. The van der Waals surface area contributed by atoms with E-state index in [-0.39, 0.29) is 5.56 Å². The highest BCUT2D eigenvalue weighted by Gasteiger charge is 2.09. The van der Waals surface area contributed by atoms with E-state index in [1.165, 1.54) is 4.80 Å². The number of benzene rings is 3. The number of aromatic nitrogens is 3. The summed E-state index contributed by atoms with van der Waals surface area (Å²) in [5.74, 6) is -0.948. The molecule has 0 aliphatic heterocycles. The molecule has 5 heteroatoms. The van der Waals surface area contributed by atoms with Crippen molar-refractivity contribution in [2.75, 3.05) is 0 Å². The lowest BCUT2D eigenvalue weighted by Crippen LogP contribution is -2.00. The summed E-state index contributed by atoms with van der Waals surface area (Å²) in [6.07, 6.45) is 0. The Labute approximate surface area is 125 Å². The van der Waals surface area contributed by atoms with E-state index >= 15 is 0 Å². The normalized spacial score (nSPS) is 11.1. The first-order chi connectivity index (χ1) is 10.7. The van der Waals surface area contributed by atoms with Crippen LogP contribution in [0.3, 0.4) is 0 Å². The number of fused-ring (bicyclic) bond motifs is 3. The van der Waals surface area contributed by atoms with Crippen LogP contribution in [0.4, 0.5) is 0 Å². The summed E-state index contributed by atoms with van der Waals surface area (Å²) in [4.78, 5) is 12.4. The largest absolute Gasteiger partial charge is 0.478 e. The predicted octanol–water partition coefficient (Wildman–Crippen LogP) is 3.27. The fourth-order valence-electron chi connectivity index (χ4n) is 2.50. The Bertz CT molecular complexity index is 1000. The van der Waals surface area contributed by atoms with Gasteiger partial charge in [0.25, 0.3) is 0 Å². The van der Waals surface area contributed by atoms with Crippen molar-refractivity contribution in [2.45, 2.75) is 0 Å². The molecule has 0 saturated carbocycles. The maximum Gasteiger partial charge on any atom is 0.335 e. The smallest absolute Gasteiger partial charge is 0.335 e. The second-order valence-electron chi connectivity index (χ2n) is 5.00. The minimum atomic E-state index is -0.948. The summed E-state index contributed by atoms with van der Waals surface area (Å²) < 4.78 is 0. The van der Waals surface area contributed by atoms with Crippen molar-refractivity contribution in [3.8, 4) is 5.69 Å². The molecule has 3 aromatic carbocycles. The Morgan fingerprint density at radius 3 is 2.45 bits per heavy atom. The molecule has 0 radical (unpaired) electrons. The van der Waals surface area contributed by atoms with Gasteiger partial charge in [0.2, 0.25) is 0 Å². The molecule has 106 valence electrons. The number of hydrogen-bond donors (Lipinski definition) is 1. The zero-order valence-electron chi connectivity index (χ0n) is 11.5. The van der Waals surface area contributed by atoms with E-state index in [9.17, 15) is 4.79 Å². The molecule has 0 aliphatic carbocycles. The Morgan fingerprint density at radius 2 is 1.68 bits per heavy atom. The van der Waals surface area contributed by atoms with E-state index in [0.29, 0.717) is 0 Å². The number of carboxylic acid groups (broad SMARTS) is 1. The van der Waals surface area contributed by atoms with Crippen molar-refractivity contribution in [2.24, 2.45) is 0 Å². The molecule has 0 aliphatic rings. The van der Waals surface area contributed by atoms with E-state index < -0.39 is 5.97 Å². The SMILES string of the molecule is O=C(O)c1ccc(-n2nc3ccc4ccccc4c3n2)cc1. The topological polar surface area (TPSA) is 68.0 Å². The van der Waals surface area contributed by atoms with Gasteiger partial charge in [0.1, 0.15) is 11.0 Å². The minimum absolute atomic E-state index is 0.242. The third-order valence-corrected chi connectivity index (χ3v) is 3.62. The molecule has 0 amide bonds. The highest BCUT2D eigenvalue weighted by Crippen LogP contribution is 2.23. The number of hydrogen-bond acceptors (Lipinski definition) is 3. The van der Waals surface area contributed by atoms with E-state index in [0.717, 1.165) is 27.5 Å². The molecule has 0 fully saturated rings. The lowest BCUT2D eigenvalue weighted by Gasteiger charge is -1.99. The van der Waals surface area contributed by atoms with Crippen LogP contribution < -0.4 is 0 Å². The average molecular weight is 289 g/mol. The molecule has 1 N–H and O–H groups in total. The maximum atomic E-state index is 10.9. The number of carboxylic acids is 1. The van der Waals surface area contributed by atoms with Gasteiger partial charge in [-0.1, -0.05) is 30.3 Å². The Hall–Kier alpha value is -3.21. The summed E-state index contributed by atoms with van der Waals surface area (Å²) in [5.41, 5.74) is 2.61. The lowest BCUT2D eigenvalue weighted by atomic mass is 10.1. The van der Waals surface area contributed by atoms with Crippen LogP contribution in [0.5, 0.6) is 0 Å². The zero-order chi connectivity index (χ0) is 15.1. The molecule has 0 atom stereocenters. The van der Waals surface area contributed by atoms with Gasteiger partial charge < -0.3 is 5.11 Å². The van der Waals surface area contributed by atoms with Crippen LogP contribution >= 0.6 is 0 Å². The Balaban J connectivity index is 1.88. The molecule has 4 rings (SSSR count). The van der Waals surface area contributed by atoms with Crippen LogP contribution in [0, 0.1) is 0 Å². The van der Waals surface area contributed by atoms with Gasteiger partial charge in [-0.15, -0.1) is 10.2 Å². The molecular weight excluding hydrogens is 278 g/mol. The lowest BCUT2D eigenvalue weighted by molar-refractivity contribution is 0.0697. The molecule has 1 aromatic heterocycles. The minimum Gasteiger partial charge on any atom is -0.478 e. The monoisotopic (exact) mass is 289 g/mol. The average Bonchev–Trinajstić information content (AvgIpc) is 2.99. The second kappa shape index (κ2) is 4.66. The van der Waals surface area contributed by atoms with Gasteiger partial charge >= 0.3 is 5.97 Å². The van der Waals surface area contributed by atoms with Crippen molar-refractivity contribution in [1.82, 2.24) is 15.0 Å². The van der Waals surface area contributed by atoms with Gasteiger partial charge in [0.05, 0.1) is 11.3 Å². The van der Waals surface area contributed by atoms with Crippen LogP contribution in [0.2, 0.25) is 0 Å². The van der Waals surface area contributed by atoms with Crippen molar-refractivity contribution in [3.05, 3.63) is 66.2 Å².